The van der Waals surface area contributed by atoms with E-state index < -0.39 is 11.6 Å². The average molecular weight is 508 g/mol. The van der Waals surface area contributed by atoms with Gasteiger partial charge >= 0.3 is 0 Å². The molecule has 3 aromatic heterocycles. The minimum Gasteiger partial charge on any atom is -0.361 e. The predicted octanol–water partition coefficient (Wildman–Crippen LogP) is 4.40. The standard InChI is InChI=1S/C25H24F3N9/c26-13-2-1-3-16(10-13)37-12-31-22-23(30-11-19-33-18-9-8-17(27)20(28)21(18)34-19)35-25(36-24(22)37)32-15-6-4-14(29)5-7-15/h1-3,8-10,12,14-15H,4-7,11,29H2,(H,33,34)(H2,30,32,35,36). The molecule has 0 unspecified atom stereocenters. The molecule has 1 aliphatic carbocycles. The molecule has 6 rings (SSSR count). The topological polar surface area (TPSA) is 122 Å². The van der Waals surface area contributed by atoms with E-state index in [1.54, 1.807) is 23.0 Å². The summed E-state index contributed by atoms with van der Waals surface area (Å²) in [5.74, 6) is -1.13. The van der Waals surface area contributed by atoms with Gasteiger partial charge in [0.05, 0.1) is 17.7 Å². The number of aromatic amines is 1. The monoisotopic (exact) mass is 507 g/mol. The third-order valence-corrected chi connectivity index (χ3v) is 6.61. The molecule has 0 amide bonds. The van der Waals surface area contributed by atoms with Gasteiger partial charge in [0.1, 0.15) is 23.5 Å². The van der Waals surface area contributed by atoms with Crippen molar-refractivity contribution < 1.29 is 13.2 Å². The van der Waals surface area contributed by atoms with E-state index >= 15 is 0 Å². The van der Waals surface area contributed by atoms with Gasteiger partial charge in [0, 0.05) is 12.1 Å². The largest absolute Gasteiger partial charge is 0.361 e. The fourth-order valence-corrected chi connectivity index (χ4v) is 4.67. The summed E-state index contributed by atoms with van der Waals surface area (Å²) in [6.45, 7) is 0.145. The molecule has 0 saturated heterocycles. The van der Waals surface area contributed by atoms with Crippen molar-refractivity contribution in [3.63, 3.8) is 0 Å². The fraction of sp³-hybridized carbons (Fsp3) is 0.280. The summed E-state index contributed by atoms with van der Waals surface area (Å²) in [7, 11) is 0. The summed E-state index contributed by atoms with van der Waals surface area (Å²) in [5.41, 5.74) is 7.88. The number of benzene rings is 2. The molecule has 1 fully saturated rings. The molecule has 0 spiro atoms. The molecule has 1 saturated carbocycles. The van der Waals surface area contributed by atoms with Crippen molar-refractivity contribution in [3.05, 3.63) is 66.0 Å². The molecule has 9 nitrogen and oxygen atoms in total. The van der Waals surface area contributed by atoms with Gasteiger partial charge in [-0.3, -0.25) is 4.57 Å². The van der Waals surface area contributed by atoms with E-state index in [1.165, 1.54) is 18.2 Å². The van der Waals surface area contributed by atoms with E-state index in [9.17, 15) is 13.2 Å². The van der Waals surface area contributed by atoms with Crippen molar-refractivity contribution in [2.75, 3.05) is 10.6 Å². The van der Waals surface area contributed by atoms with Crippen LogP contribution in [-0.4, -0.2) is 41.6 Å². The van der Waals surface area contributed by atoms with Crippen LogP contribution in [0, 0.1) is 17.5 Å². The SMILES string of the molecule is NC1CCC(Nc2nc(NCc3nc4c(F)c(F)ccc4[nH]3)c3ncn(-c4cccc(F)c4)c3n2)CC1. The highest BCUT2D eigenvalue weighted by atomic mass is 19.2. The Bertz CT molecular complexity index is 1590. The quantitative estimate of drug-likeness (QED) is 0.269. The number of fused-ring (bicyclic) bond motifs is 2. The van der Waals surface area contributed by atoms with E-state index in [1.807, 2.05) is 0 Å². The van der Waals surface area contributed by atoms with Crippen molar-refractivity contribution >= 4 is 34.0 Å². The van der Waals surface area contributed by atoms with Crippen molar-refractivity contribution in [3.8, 4) is 5.69 Å². The van der Waals surface area contributed by atoms with E-state index in [4.69, 9.17) is 10.7 Å². The molecule has 1 aliphatic rings. The van der Waals surface area contributed by atoms with Gasteiger partial charge in [-0.25, -0.2) is 23.1 Å². The van der Waals surface area contributed by atoms with Crippen LogP contribution in [0.2, 0.25) is 0 Å². The molecule has 5 N–H and O–H groups in total. The Hall–Kier alpha value is -4.19. The maximum atomic E-state index is 14.1. The lowest BCUT2D eigenvalue weighted by atomic mass is 9.92. The van der Waals surface area contributed by atoms with Gasteiger partial charge < -0.3 is 21.4 Å². The van der Waals surface area contributed by atoms with Crippen molar-refractivity contribution in [2.24, 2.45) is 5.73 Å². The van der Waals surface area contributed by atoms with Crippen LogP contribution in [0.1, 0.15) is 31.5 Å². The summed E-state index contributed by atoms with van der Waals surface area (Å²) in [6.07, 6.45) is 5.18. The number of hydrogen-bond donors (Lipinski definition) is 4. The molecule has 0 aliphatic heterocycles. The fourth-order valence-electron chi connectivity index (χ4n) is 4.67. The molecule has 3 heterocycles. The highest BCUT2D eigenvalue weighted by Gasteiger charge is 2.21. The molecule has 5 aromatic rings. The Kier molecular flexibility index (Phi) is 5.87. The second-order valence-corrected chi connectivity index (χ2v) is 9.21. The number of anilines is 2. The Morgan fingerprint density at radius 1 is 1.00 bits per heavy atom. The number of nitrogens with two attached hydrogens (primary N) is 1. The minimum atomic E-state index is -1.00. The third-order valence-electron chi connectivity index (χ3n) is 6.61. The first kappa shape index (κ1) is 23.2. The van der Waals surface area contributed by atoms with Crippen LogP contribution in [0.5, 0.6) is 0 Å². The molecule has 0 bridgehead atoms. The number of H-pyrrole nitrogens is 1. The molecular formula is C25H24F3N9. The second-order valence-electron chi connectivity index (χ2n) is 9.21. The van der Waals surface area contributed by atoms with Gasteiger partial charge in [-0.1, -0.05) is 6.07 Å². The van der Waals surface area contributed by atoms with E-state index in [-0.39, 0.29) is 30.0 Å². The van der Waals surface area contributed by atoms with E-state index in [0.717, 1.165) is 31.7 Å². The molecular weight excluding hydrogens is 483 g/mol. The van der Waals surface area contributed by atoms with Gasteiger partial charge in [0.15, 0.2) is 28.6 Å². The van der Waals surface area contributed by atoms with Gasteiger partial charge in [-0.2, -0.15) is 9.97 Å². The normalized spacial score (nSPS) is 17.9. The number of rotatable bonds is 6. The number of hydrogen-bond acceptors (Lipinski definition) is 7. The average Bonchev–Trinajstić information content (AvgIpc) is 3.51. The molecule has 0 atom stereocenters. The third kappa shape index (κ3) is 4.55. The van der Waals surface area contributed by atoms with E-state index in [2.05, 4.69) is 30.6 Å². The minimum absolute atomic E-state index is 0.0714. The number of halogens is 3. The summed E-state index contributed by atoms with van der Waals surface area (Å²) < 4.78 is 43.4. The van der Waals surface area contributed by atoms with Crippen LogP contribution < -0.4 is 16.4 Å². The van der Waals surface area contributed by atoms with Gasteiger partial charge in [0.2, 0.25) is 5.95 Å². The Morgan fingerprint density at radius 2 is 1.84 bits per heavy atom. The van der Waals surface area contributed by atoms with Crippen molar-refractivity contribution in [1.82, 2.24) is 29.5 Å². The number of aromatic nitrogens is 6. The summed E-state index contributed by atoms with van der Waals surface area (Å²) in [4.78, 5) is 21.0. The van der Waals surface area contributed by atoms with Crippen LogP contribution >= 0.6 is 0 Å². The highest BCUT2D eigenvalue weighted by Crippen LogP contribution is 2.27. The van der Waals surface area contributed by atoms with Crippen LogP contribution in [0.25, 0.3) is 27.9 Å². The molecule has 2 aromatic carbocycles. The van der Waals surface area contributed by atoms with Crippen LogP contribution in [0.3, 0.4) is 0 Å². The smallest absolute Gasteiger partial charge is 0.227 e. The molecule has 12 heteroatoms. The second kappa shape index (κ2) is 9.36. The van der Waals surface area contributed by atoms with E-state index in [0.29, 0.717) is 40.0 Å². The Morgan fingerprint density at radius 3 is 2.65 bits per heavy atom. The maximum Gasteiger partial charge on any atom is 0.227 e. The zero-order chi connectivity index (χ0) is 25.5. The number of imidazole rings is 2. The van der Waals surface area contributed by atoms with Crippen LogP contribution in [0.4, 0.5) is 24.9 Å². The molecule has 190 valence electrons. The number of nitrogens with zero attached hydrogens (tertiary/aromatic N) is 5. The first-order valence-electron chi connectivity index (χ1n) is 12.0. The summed E-state index contributed by atoms with van der Waals surface area (Å²) in [5, 5.41) is 6.59. The lowest BCUT2D eigenvalue weighted by molar-refractivity contribution is 0.410. The van der Waals surface area contributed by atoms with Gasteiger partial charge in [0.25, 0.3) is 0 Å². The lowest BCUT2D eigenvalue weighted by Crippen LogP contribution is -2.33. The molecule has 0 radical (unpaired) electrons. The zero-order valence-electron chi connectivity index (χ0n) is 19.7. The maximum absolute atomic E-state index is 14.1. The van der Waals surface area contributed by atoms with Gasteiger partial charge in [-0.15, -0.1) is 0 Å². The van der Waals surface area contributed by atoms with Crippen LogP contribution in [-0.2, 0) is 6.54 Å². The molecule has 37 heavy (non-hydrogen) atoms. The summed E-state index contributed by atoms with van der Waals surface area (Å²) >= 11 is 0. The Balaban J connectivity index is 1.35. The Labute approximate surface area is 209 Å². The summed E-state index contributed by atoms with van der Waals surface area (Å²) in [6, 6.07) is 9.00. The predicted molar refractivity (Wildman–Crippen MR) is 134 cm³/mol. The van der Waals surface area contributed by atoms with Crippen molar-refractivity contribution in [1.29, 1.82) is 0 Å². The van der Waals surface area contributed by atoms with Crippen LogP contribution in [0.15, 0.2) is 42.7 Å². The zero-order valence-corrected chi connectivity index (χ0v) is 19.7. The lowest BCUT2D eigenvalue weighted by Gasteiger charge is -2.26. The first-order valence-corrected chi connectivity index (χ1v) is 12.0. The number of nitrogens with one attached hydrogen (secondary N) is 3. The first-order chi connectivity index (χ1) is 17.9. The highest BCUT2D eigenvalue weighted by molar-refractivity contribution is 5.85. The van der Waals surface area contributed by atoms with Gasteiger partial charge in [-0.05, 0) is 56.0 Å². The van der Waals surface area contributed by atoms with Crippen molar-refractivity contribution in [2.45, 2.75) is 44.3 Å².